The molecule has 30 heteroatoms. The number of allylic oxidation sites excluding steroid dienone is 6. The topological polar surface area (TPSA) is 317 Å². The van der Waals surface area contributed by atoms with E-state index in [0.717, 1.165) is 46.3 Å². The molecule has 7 aliphatic rings. The highest BCUT2D eigenvalue weighted by molar-refractivity contribution is 7.79. The van der Waals surface area contributed by atoms with Gasteiger partial charge in [-0.3, -0.25) is 38.5 Å². The number of amides is 1. The number of aromatic amines is 1. The van der Waals surface area contributed by atoms with Crippen molar-refractivity contribution in [1.82, 2.24) is 19.5 Å². The van der Waals surface area contributed by atoms with Crippen molar-refractivity contribution in [1.29, 1.82) is 0 Å². The minimum atomic E-state index is -4.32. The molecule has 23 nitrogen and oxygen atoms in total. The zero-order valence-electron chi connectivity index (χ0n) is 60.0. The van der Waals surface area contributed by atoms with E-state index >= 15 is 0 Å². The largest absolute Gasteiger partial charge is 0.507 e. The lowest BCUT2D eigenvalue weighted by Crippen LogP contribution is -2.31. The number of aliphatic imine (C=N–C) groups is 6. The molecule has 2 aliphatic carbocycles. The van der Waals surface area contributed by atoms with Crippen molar-refractivity contribution in [3.63, 3.8) is 0 Å². The van der Waals surface area contributed by atoms with Crippen LogP contribution in [-0.4, -0.2) is 114 Å². The fourth-order valence-electron chi connectivity index (χ4n) is 7.75. The first kappa shape index (κ1) is 97.0. The van der Waals surface area contributed by atoms with Crippen LogP contribution in [0.5, 0.6) is 5.75 Å². The minimum absolute atomic E-state index is 0. The van der Waals surface area contributed by atoms with Crippen molar-refractivity contribution in [3.8, 4) is 5.75 Å². The van der Waals surface area contributed by atoms with Crippen molar-refractivity contribution in [3.05, 3.63) is 125 Å². The van der Waals surface area contributed by atoms with Gasteiger partial charge in [0.2, 0.25) is 6.41 Å². The Morgan fingerprint density at radius 3 is 1.65 bits per heavy atom. The van der Waals surface area contributed by atoms with Crippen molar-refractivity contribution in [2.75, 3.05) is 19.9 Å². The van der Waals surface area contributed by atoms with Gasteiger partial charge in [-0.05, 0) is 78.0 Å². The number of hydrogen-bond acceptors (Lipinski definition) is 21. The van der Waals surface area contributed by atoms with Crippen LogP contribution in [0.1, 0.15) is 213 Å². The lowest BCUT2D eigenvalue weighted by molar-refractivity contribution is -0.114. The molecular weight excluding hydrogens is 1370 g/mol. The Morgan fingerprint density at radius 1 is 0.762 bits per heavy atom. The fourth-order valence-corrected chi connectivity index (χ4v) is 9.73. The average Bonchev–Trinajstić information content (AvgIpc) is 1.15. The van der Waals surface area contributed by atoms with Crippen molar-refractivity contribution in [2.24, 2.45) is 86.0 Å². The number of Topliss-reactive ketones (excluding diaryl/α,β-unsaturated/α-hetero) is 1. The summed E-state index contributed by atoms with van der Waals surface area (Å²) in [5, 5.41) is 28.9. The van der Waals surface area contributed by atoms with Crippen LogP contribution in [0.3, 0.4) is 0 Å². The number of hydrogen-bond donors (Lipinski definition) is 5. The van der Waals surface area contributed by atoms with E-state index in [-0.39, 0.29) is 86.3 Å². The van der Waals surface area contributed by atoms with Crippen LogP contribution >= 0.6 is 23.1 Å². The van der Waals surface area contributed by atoms with E-state index in [1.165, 1.54) is 35.0 Å². The van der Waals surface area contributed by atoms with Gasteiger partial charge in [-0.2, -0.15) is 32.0 Å². The molecule has 0 radical (unpaired) electrons. The van der Waals surface area contributed by atoms with Gasteiger partial charge < -0.3 is 24.8 Å². The number of ketones is 1. The molecule has 5 aliphatic heterocycles. The van der Waals surface area contributed by atoms with Crippen molar-refractivity contribution < 1.29 is 50.3 Å². The number of aliphatic hydroxyl groups is 1. The first-order valence-electron chi connectivity index (χ1n) is 31.8. The third-order valence-corrected chi connectivity index (χ3v) is 16.0. The molecule has 564 valence electrons. The SMILES string of the molecule is C.C.C.C=C1C(=O)C(C(C)C)=C1O.CC(C)C1=C(F)C=CC1.CC(C)C1=NC=NC1.CC(C)C1=NCN=C1NC=O.CC(C)C1=NN=C(C(F)(F)F)C1.CC(C)C1=NS(=O)ON1.CC(C)c1cc(=O)[nH]s1.CC(C)c1nscc1O.Cc1coc(C(C)C)cc1=O.[C-]#[N+]C1=NCN=C1C(C)C. The Hall–Kier alpha value is -8.14. The molecular formula is C71H110F4N14O9S3. The number of aromatic hydroxyl groups is 1. The number of aromatic nitrogens is 2. The number of aryl methyl sites for hydroxylation is 1. The normalized spacial score (nSPS) is 15.8. The second-order valence-corrected chi connectivity index (χ2v) is 27.4. The summed E-state index contributed by atoms with van der Waals surface area (Å²) in [4.78, 5) is 71.1. The molecule has 1 unspecified atom stereocenters. The molecule has 101 heavy (non-hydrogen) atoms. The van der Waals surface area contributed by atoms with Gasteiger partial charge in [-0.15, -0.1) is 9.39 Å². The Balaban J connectivity index is -0.00000105. The van der Waals surface area contributed by atoms with Crippen LogP contribution < -0.4 is 21.8 Å². The zero-order valence-corrected chi connectivity index (χ0v) is 62.5. The van der Waals surface area contributed by atoms with Crippen molar-refractivity contribution >= 4 is 98.9 Å². The smallest absolute Gasteiger partial charge is 0.431 e. The van der Waals surface area contributed by atoms with Gasteiger partial charge in [0.15, 0.2) is 23.7 Å². The van der Waals surface area contributed by atoms with E-state index in [2.05, 4.69) is 108 Å². The number of rotatable bonds is 11. The Bertz CT molecular complexity index is 3710. The Morgan fingerprint density at radius 2 is 1.36 bits per heavy atom. The van der Waals surface area contributed by atoms with Gasteiger partial charge in [-0.25, -0.2) is 24.1 Å². The molecule has 0 aromatic carbocycles. The van der Waals surface area contributed by atoms with E-state index in [1.807, 2.05) is 103 Å². The first-order chi connectivity index (χ1) is 45.7. The van der Waals surface area contributed by atoms with Crippen LogP contribution in [0.2, 0.25) is 0 Å². The maximum absolute atomic E-state index is 12.6. The summed E-state index contributed by atoms with van der Waals surface area (Å²) >= 11 is 1.22. The highest BCUT2D eigenvalue weighted by Gasteiger charge is 2.39. The molecule has 1 atom stereocenters. The van der Waals surface area contributed by atoms with E-state index in [1.54, 1.807) is 50.7 Å². The molecule has 0 saturated heterocycles. The van der Waals surface area contributed by atoms with Crippen LogP contribution in [0.4, 0.5) is 17.6 Å². The lowest BCUT2D eigenvalue weighted by Gasteiger charge is -2.22. The van der Waals surface area contributed by atoms with Gasteiger partial charge in [0.25, 0.3) is 11.4 Å². The van der Waals surface area contributed by atoms with Crippen LogP contribution in [0, 0.1) is 54.9 Å². The number of H-pyrrole nitrogens is 1. The summed E-state index contributed by atoms with van der Waals surface area (Å²) in [6, 6.07) is 3.20. The predicted molar refractivity (Wildman–Crippen MR) is 412 cm³/mol. The van der Waals surface area contributed by atoms with Gasteiger partial charge in [-0.1, -0.05) is 192 Å². The van der Waals surface area contributed by atoms with Crippen LogP contribution in [-0.2, 0) is 25.1 Å². The maximum atomic E-state index is 12.6. The number of aliphatic hydroxyl groups excluding tert-OH is 1. The second-order valence-electron chi connectivity index (χ2n) is 25.1. The predicted octanol–water partition coefficient (Wildman–Crippen LogP) is 17.2. The van der Waals surface area contributed by atoms with Gasteiger partial charge in [0.05, 0.1) is 40.9 Å². The van der Waals surface area contributed by atoms with Gasteiger partial charge in [0, 0.05) is 63.7 Å². The first-order valence-corrected chi connectivity index (χ1v) is 34.5. The number of halogens is 4. The van der Waals surface area contributed by atoms with Crippen LogP contribution in [0.15, 0.2) is 129 Å². The molecule has 1 amide bonds. The fraction of sp³-hybridized carbons (Fsp3) is 0.563. The van der Waals surface area contributed by atoms with Gasteiger partial charge >= 0.3 is 17.4 Å². The average molecular weight is 1480 g/mol. The number of nitrogens with one attached hydrogen (secondary N) is 3. The molecule has 10 rings (SSSR count). The Labute approximate surface area is 606 Å². The molecule has 3 aromatic rings. The van der Waals surface area contributed by atoms with E-state index in [0.29, 0.717) is 95.4 Å². The molecule has 0 fully saturated rings. The highest BCUT2D eigenvalue weighted by atomic mass is 32.2. The number of alkyl halides is 3. The zero-order chi connectivity index (χ0) is 74.9. The molecule has 0 saturated carbocycles. The maximum Gasteiger partial charge on any atom is 0.431 e. The molecule has 8 heterocycles. The third kappa shape index (κ3) is 34.9. The second kappa shape index (κ2) is 48.6. The van der Waals surface area contributed by atoms with E-state index in [9.17, 15) is 40.9 Å². The van der Waals surface area contributed by atoms with E-state index < -0.39 is 23.2 Å². The lowest BCUT2D eigenvalue weighted by atomic mass is 9.82. The van der Waals surface area contributed by atoms with Crippen LogP contribution in [0.25, 0.3) is 4.85 Å². The Kier molecular flexibility index (Phi) is 46.7. The number of carbonyl (C=O) groups excluding carboxylic acids is 2. The molecule has 0 spiro atoms. The van der Waals surface area contributed by atoms with Gasteiger partial charge in [0.1, 0.15) is 47.7 Å². The summed E-state index contributed by atoms with van der Waals surface area (Å²) in [5.41, 5.74) is 8.37. The summed E-state index contributed by atoms with van der Waals surface area (Å²) in [6.07, 6.45) is 3.53. The minimum Gasteiger partial charge on any atom is -0.507 e. The quantitative estimate of drug-likeness (QED) is 0.0520. The summed E-state index contributed by atoms with van der Waals surface area (Å²) in [5.74, 6) is 5.87. The molecule has 0 bridgehead atoms. The highest BCUT2D eigenvalue weighted by Crippen LogP contribution is 2.32. The monoisotopic (exact) mass is 1470 g/mol. The molecule has 5 N–H and O–H groups in total. The number of nitrogens with zero attached hydrogens (tertiary/aromatic N) is 11. The third-order valence-electron chi connectivity index (χ3n) is 13.7. The summed E-state index contributed by atoms with van der Waals surface area (Å²) in [7, 11) is 0. The van der Waals surface area contributed by atoms with E-state index in [4.69, 9.17) is 21.2 Å². The number of hydroxylamine groups is 1. The summed E-state index contributed by atoms with van der Waals surface area (Å²) < 4.78 is 78.9. The number of amidine groups is 3. The summed E-state index contributed by atoms with van der Waals surface area (Å²) in [6.45, 7) is 53.3. The van der Waals surface area contributed by atoms with Crippen molar-refractivity contribution in [2.45, 2.75) is 204 Å². The number of carbonyl (C=O) groups is 2. The standard InChI is InChI=1S/C9H12O2.C8H11F.C8H10O2.C7H9F3N2.C7H11N3O.C7H9N3.C6H10N2.2C6H9NOS.C4H8N2O2S.3CH4/c1-6(2)9-4-8(10)7(3)5-11-9;1-6(2)7-4-3-5-8(7)9;1-4(2)6-7(9)5(3)8(6)10;1-4(2)5-3-6(12-11-5)7(8,9)10;1-5(2)6-7(10-4-11)9-3-8-6;1-5(2)6-7(8-3)10-4-9-6;1-5(2)6-3-7-4-8-6;1-4(2)6-5(8)3-9-7-6;1-4(2)5-3-6(8)7-9-5;1-3(2)4-5-8-9(7)6-4;;;/h4-6H,1-3H3;3,5-6H,4H2,1-2H3;4,9H,3H2,1-2H3;4H,3H2,1-2H3;4-5H,3H2,1-2H3,(H,9,10,11);5H,4H2,1-2H3;4-5H,3H2,1-2H3;3-4,8H,1-2H3;3-4H,1-2H3,(H,7,8);3H,1-2H3,(H,5,6);3*1H4. The molecule has 3 aromatic heterocycles.